The predicted octanol–water partition coefficient (Wildman–Crippen LogP) is 1.57. The van der Waals surface area contributed by atoms with Gasteiger partial charge in [-0.15, -0.1) is 0 Å². The maximum Gasteiger partial charge on any atom is 0.187 e. The van der Waals surface area contributed by atoms with E-state index < -0.39 is 0 Å². The van der Waals surface area contributed by atoms with Crippen LogP contribution in [0.3, 0.4) is 0 Å². The topological polar surface area (TPSA) is 96.2 Å². The predicted molar refractivity (Wildman–Crippen MR) is 170 cm³/mol. The lowest BCUT2D eigenvalue weighted by atomic mass is 9.76. The van der Waals surface area contributed by atoms with Gasteiger partial charge >= 0.3 is 0 Å². The van der Waals surface area contributed by atoms with Crippen LogP contribution in [0, 0.1) is 47.3 Å². The van der Waals surface area contributed by atoms with Crippen molar-refractivity contribution in [2.24, 2.45) is 47.3 Å². The van der Waals surface area contributed by atoms with Gasteiger partial charge in [0.1, 0.15) is 0 Å². The van der Waals surface area contributed by atoms with Crippen molar-refractivity contribution >= 4 is 17.4 Å². The molecule has 8 bridgehead atoms. The third-order valence-corrected chi connectivity index (χ3v) is 13.8. The summed E-state index contributed by atoms with van der Waals surface area (Å²) in [6.45, 7) is 0. The van der Waals surface area contributed by atoms with E-state index in [-0.39, 0.29) is 22.1 Å². The molecule has 8 atom stereocenters. The van der Waals surface area contributed by atoms with Gasteiger partial charge in [-0.3, -0.25) is 47.2 Å². The van der Waals surface area contributed by atoms with Crippen molar-refractivity contribution in [3.05, 3.63) is 0 Å². The van der Waals surface area contributed by atoms with Crippen LogP contribution in [0.1, 0.15) is 103 Å². The highest BCUT2D eigenvalue weighted by Gasteiger charge is 2.54. The Balaban J connectivity index is 0.00000144. The van der Waals surface area contributed by atoms with E-state index >= 15 is 0 Å². The van der Waals surface area contributed by atoms with E-state index in [2.05, 4.69) is 42.5 Å². The molecule has 9 aliphatic rings. The van der Waals surface area contributed by atoms with Crippen molar-refractivity contribution in [3.63, 3.8) is 0 Å². The van der Waals surface area contributed by atoms with Crippen molar-refractivity contribution in [2.75, 3.05) is 0 Å². The maximum absolute atomic E-state index is 4.26. The van der Waals surface area contributed by atoms with Gasteiger partial charge in [0, 0.05) is 0 Å². The Morgan fingerprint density at radius 3 is 0.476 bits per heavy atom. The van der Waals surface area contributed by atoms with Crippen LogP contribution in [0.4, 0.5) is 4.70 Å². The molecular weight excluding hydrogens is 542 g/mol. The zero-order valence-electron chi connectivity index (χ0n) is 25.0. The Bertz CT molecular complexity index is 723. The Morgan fingerprint density at radius 1 is 0.238 bits per heavy atom. The van der Waals surface area contributed by atoms with E-state index in [0.717, 1.165) is 47.3 Å². The smallest absolute Gasteiger partial charge is 0.187 e. The molecule has 238 valence electrons. The van der Waals surface area contributed by atoms with E-state index in [4.69, 9.17) is 0 Å². The third-order valence-electron chi connectivity index (χ3n) is 13.8. The van der Waals surface area contributed by atoms with Gasteiger partial charge in [0.25, 0.3) is 0 Å². The minimum atomic E-state index is 0. The second-order valence-corrected chi connectivity index (χ2v) is 15.6. The minimum Gasteiger partial charge on any atom is -0.286 e. The van der Waals surface area contributed by atoms with Crippen molar-refractivity contribution in [1.82, 2.24) is 42.5 Å². The van der Waals surface area contributed by atoms with Gasteiger partial charge in [0.15, 0.2) is 17.4 Å². The minimum absolute atomic E-state index is 0. The molecule has 9 rings (SSSR count). The van der Waals surface area contributed by atoms with E-state index in [1.165, 1.54) is 103 Å². The Morgan fingerprint density at radius 2 is 0.357 bits per heavy atom. The molecule has 42 heavy (non-hydrogen) atoms. The third kappa shape index (κ3) is 5.26. The summed E-state index contributed by atoms with van der Waals surface area (Å²) in [4.78, 5) is 0. The zero-order chi connectivity index (χ0) is 26.2. The summed E-state index contributed by atoms with van der Waals surface area (Å²) in [6, 6.07) is 0. The average molecular weight is 603 g/mol. The summed E-state index contributed by atoms with van der Waals surface area (Å²) in [5, 5.41) is 33.8. The van der Waals surface area contributed by atoms with Crippen LogP contribution in [0.2, 0.25) is 0 Å². The van der Waals surface area contributed by atoms with Crippen molar-refractivity contribution in [1.29, 1.82) is 0 Å². The number of hydrogen-bond donors (Lipinski definition) is 8. The second-order valence-electron chi connectivity index (χ2n) is 15.6. The van der Waals surface area contributed by atoms with Gasteiger partial charge in [-0.25, -0.2) is 0 Å². The summed E-state index contributed by atoms with van der Waals surface area (Å²) in [5.74, 6) is 5.97. The molecule has 0 amide bonds. The number of fused-ring (bicyclic) bond motifs is 20. The molecule has 0 radical (unpaired) electrons. The first-order valence-electron chi connectivity index (χ1n) is 17.9. The molecule has 0 aromatic heterocycles. The maximum atomic E-state index is 4.26. The van der Waals surface area contributed by atoms with Gasteiger partial charge in [-0.05, 0) is 98.7 Å². The van der Waals surface area contributed by atoms with Crippen LogP contribution >= 0.6 is 0 Å². The van der Waals surface area contributed by atoms with Gasteiger partial charge in [0.05, 0.1) is 49.3 Å². The molecule has 5 heterocycles. The largest absolute Gasteiger partial charge is 0.286 e. The SMILES string of the molecule is C1CCC2C3NC(NC4NC(NC5NC(NC6NC(N3)C3CCCCC63)C3CCCCC53)C3CCCCC43)C2C1.F.[AlH3]. The van der Waals surface area contributed by atoms with Gasteiger partial charge in [-0.1, -0.05) is 51.4 Å². The van der Waals surface area contributed by atoms with E-state index in [1.54, 1.807) is 0 Å². The molecule has 9 fully saturated rings. The fourth-order valence-corrected chi connectivity index (χ4v) is 12.0. The van der Waals surface area contributed by atoms with Crippen molar-refractivity contribution < 1.29 is 4.70 Å². The number of nitrogens with one attached hydrogen (secondary N) is 8. The molecule has 4 saturated carbocycles. The molecule has 5 aliphatic heterocycles. The van der Waals surface area contributed by atoms with E-state index in [9.17, 15) is 0 Å². The van der Waals surface area contributed by atoms with Crippen LogP contribution in [-0.2, 0) is 0 Å². The normalized spacial score (nSPS) is 54.9. The van der Waals surface area contributed by atoms with E-state index in [0.29, 0.717) is 49.3 Å². The first-order valence-corrected chi connectivity index (χ1v) is 17.9. The lowest BCUT2D eigenvalue weighted by molar-refractivity contribution is 0.167. The standard InChI is InChI=1S/C32H56N8.Al.FH.3H/c1-2-10-18-17(9-1)25-33-26(18)38-28-21-13-5-6-14-22(21)30(35-28)40-32-24-16-8-7-15-23(24)31(36-32)39-29-20-12-4-3-11-19(20)27(34-29)37-25;;;;;/h17-40H,1-16H2;;1H;;;. The van der Waals surface area contributed by atoms with Gasteiger partial charge < -0.3 is 0 Å². The van der Waals surface area contributed by atoms with Crippen molar-refractivity contribution in [3.8, 4) is 0 Å². The molecule has 0 aromatic rings. The quantitative estimate of drug-likeness (QED) is 0.198. The molecule has 8 nitrogen and oxygen atoms in total. The summed E-state index contributed by atoms with van der Waals surface area (Å²) in [6.07, 6.45) is 25.6. The molecular formula is C32H60AlFN8. The van der Waals surface area contributed by atoms with Gasteiger partial charge in [-0.2, -0.15) is 0 Å². The first-order chi connectivity index (χ1) is 19.8. The number of hydrogen-bond acceptors (Lipinski definition) is 8. The molecule has 0 aromatic carbocycles. The van der Waals surface area contributed by atoms with Crippen LogP contribution in [0.25, 0.3) is 0 Å². The lowest BCUT2D eigenvalue weighted by Gasteiger charge is -2.35. The summed E-state index contributed by atoms with van der Waals surface area (Å²) in [7, 11) is 0. The van der Waals surface area contributed by atoms with Crippen molar-refractivity contribution in [2.45, 2.75) is 152 Å². The van der Waals surface area contributed by atoms with Crippen LogP contribution in [0.5, 0.6) is 0 Å². The number of rotatable bonds is 0. The highest BCUT2D eigenvalue weighted by atomic mass is 27.0. The fourth-order valence-electron chi connectivity index (χ4n) is 12.0. The number of halogens is 1. The summed E-state index contributed by atoms with van der Waals surface area (Å²) >= 11 is 0. The fraction of sp³-hybridized carbons (Fsp3) is 1.00. The average Bonchev–Trinajstić information content (AvgIpc) is 3.73. The van der Waals surface area contributed by atoms with Crippen LogP contribution < -0.4 is 42.5 Å². The first kappa shape index (κ1) is 30.8. The van der Waals surface area contributed by atoms with E-state index in [1.807, 2.05) is 0 Å². The Hall–Kier alpha value is 0.142. The van der Waals surface area contributed by atoms with Crippen LogP contribution in [-0.4, -0.2) is 66.7 Å². The summed E-state index contributed by atoms with van der Waals surface area (Å²) < 4.78 is 0. The molecule has 8 N–H and O–H groups in total. The Labute approximate surface area is 263 Å². The molecule has 4 aliphatic carbocycles. The summed E-state index contributed by atoms with van der Waals surface area (Å²) in [5.41, 5.74) is 0. The lowest BCUT2D eigenvalue weighted by Crippen LogP contribution is -2.61. The monoisotopic (exact) mass is 602 g/mol. The molecule has 10 heteroatoms. The molecule has 0 spiro atoms. The Kier molecular flexibility index (Phi) is 9.33. The highest BCUT2D eigenvalue weighted by molar-refractivity contribution is 5.75. The zero-order valence-corrected chi connectivity index (χ0v) is 25.0. The molecule has 5 saturated heterocycles. The second kappa shape index (κ2) is 12.7. The molecule has 8 unspecified atom stereocenters. The van der Waals surface area contributed by atoms with Crippen LogP contribution in [0.15, 0.2) is 0 Å². The van der Waals surface area contributed by atoms with Gasteiger partial charge in [0.2, 0.25) is 0 Å². The highest BCUT2D eigenvalue weighted by Crippen LogP contribution is 2.45.